The Labute approximate surface area is 150 Å². The number of methoxy groups -OCH3 is 1. The fourth-order valence-corrected chi connectivity index (χ4v) is 2.90. The molecule has 0 bridgehead atoms. The van der Waals surface area contributed by atoms with Crippen LogP contribution < -0.4 is 15.4 Å². The first kappa shape index (κ1) is 18.8. The summed E-state index contributed by atoms with van der Waals surface area (Å²) in [6.07, 6.45) is 0. The summed E-state index contributed by atoms with van der Waals surface area (Å²) in [6.45, 7) is 7.76. The molecular weight excluding hydrogens is 314 g/mol. The van der Waals surface area contributed by atoms with Gasteiger partial charge in [0.05, 0.1) is 12.8 Å². The lowest BCUT2D eigenvalue weighted by molar-refractivity contribution is 0.406. The summed E-state index contributed by atoms with van der Waals surface area (Å²) in [5.41, 5.74) is 4.61. The van der Waals surface area contributed by atoms with Crippen molar-refractivity contribution in [2.75, 3.05) is 20.7 Å². The number of hydrogen-bond donors (Lipinski definition) is 2. The number of nitrogens with one attached hydrogen (secondary N) is 2. The highest BCUT2D eigenvalue weighted by Gasteiger charge is 2.13. The van der Waals surface area contributed by atoms with Gasteiger partial charge in [-0.25, -0.2) is 0 Å². The summed E-state index contributed by atoms with van der Waals surface area (Å²) >= 11 is 0. The standard InChI is InChI=1S/C19H29N5O/c1-13(16-9-7-8-10-18(16)25-6)11-21-19(20-4)22-12-17-14(2)23-24(5)15(17)3/h7-10,13H,11-12H2,1-6H3,(H2,20,21,22). The van der Waals surface area contributed by atoms with Crippen LogP contribution in [-0.2, 0) is 13.6 Å². The maximum absolute atomic E-state index is 5.45. The molecule has 6 heteroatoms. The molecule has 0 aliphatic rings. The van der Waals surface area contributed by atoms with E-state index in [0.717, 1.165) is 23.9 Å². The zero-order valence-electron chi connectivity index (χ0n) is 16.1. The van der Waals surface area contributed by atoms with Crippen molar-refractivity contribution in [3.05, 3.63) is 46.8 Å². The monoisotopic (exact) mass is 343 g/mol. The van der Waals surface area contributed by atoms with Crippen LogP contribution >= 0.6 is 0 Å². The molecule has 0 spiro atoms. The van der Waals surface area contributed by atoms with Crippen molar-refractivity contribution in [1.82, 2.24) is 20.4 Å². The Morgan fingerprint density at radius 3 is 2.60 bits per heavy atom. The molecule has 1 aromatic carbocycles. The number of benzene rings is 1. The third kappa shape index (κ3) is 4.53. The van der Waals surface area contributed by atoms with Crippen LogP contribution in [0.4, 0.5) is 0 Å². The summed E-state index contributed by atoms with van der Waals surface area (Å²) < 4.78 is 7.36. The van der Waals surface area contributed by atoms with E-state index in [-0.39, 0.29) is 0 Å². The Morgan fingerprint density at radius 1 is 1.28 bits per heavy atom. The molecular formula is C19H29N5O. The number of guanidine groups is 1. The molecule has 0 aliphatic carbocycles. The Bertz CT molecular complexity index is 735. The van der Waals surface area contributed by atoms with Gasteiger partial charge in [0.2, 0.25) is 0 Å². The van der Waals surface area contributed by atoms with Gasteiger partial charge in [-0.15, -0.1) is 0 Å². The number of aliphatic imine (C=N–C) groups is 1. The Kier molecular flexibility index (Phi) is 6.44. The molecule has 0 fully saturated rings. The summed E-state index contributed by atoms with van der Waals surface area (Å²) in [6, 6.07) is 8.12. The lowest BCUT2D eigenvalue weighted by Gasteiger charge is -2.18. The first-order chi connectivity index (χ1) is 12.0. The molecule has 0 amide bonds. The highest BCUT2D eigenvalue weighted by molar-refractivity contribution is 5.79. The van der Waals surface area contributed by atoms with Crippen LogP contribution in [0.15, 0.2) is 29.3 Å². The second-order valence-electron chi connectivity index (χ2n) is 6.22. The summed E-state index contributed by atoms with van der Waals surface area (Å²) in [4.78, 5) is 4.31. The number of ether oxygens (including phenoxy) is 1. The quantitative estimate of drug-likeness (QED) is 0.625. The topological polar surface area (TPSA) is 63.5 Å². The largest absolute Gasteiger partial charge is 0.496 e. The highest BCUT2D eigenvalue weighted by atomic mass is 16.5. The van der Waals surface area contributed by atoms with E-state index in [1.807, 2.05) is 36.9 Å². The Hall–Kier alpha value is -2.50. The third-order valence-electron chi connectivity index (χ3n) is 4.56. The van der Waals surface area contributed by atoms with Gasteiger partial charge in [-0.1, -0.05) is 25.1 Å². The molecule has 1 heterocycles. The van der Waals surface area contributed by atoms with E-state index >= 15 is 0 Å². The normalized spacial score (nSPS) is 12.8. The van der Waals surface area contributed by atoms with E-state index in [4.69, 9.17) is 4.74 Å². The number of nitrogens with zero attached hydrogens (tertiary/aromatic N) is 3. The fourth-order valence-electron chi connectivity index (χ4n) is 2.90. The van der Waals surface area contributed by atoms with Crippen LogP contribution in [0.5, 0.6) is 5.75 Å². The Balaban J connectivity index is 1.94. The minimum Gasteiger partial charge on any atom is -0.496 e. The maximum atomic E-state index is 5.45. The lowest BCUT2D eigenvalue weighted by Crippen LogP contribution is -2.38. The van der Waals surface area contributed by atoms with Crippen molar-refractivity contribution in [2.24, 2.45) is 12.0 Å². The van der Waals surface area contributed by atoms with Crippen LogP contribution in [0.25, 0.3) is 0 Å². The SMILES string of the molecule is CN=C(NCc1c(C)nn(C)c1C)NCC(C)c1ccccc1OC. The minimum atomic E-state index is 0.302. The fraction of sp³-hybridized carbons (Fsp3) is 0.474. The van der Waals surface area contributed by atoms with Crippen molar-refractivity contribution in [2.45, 2.75) is 33.2 Å². The second-order valence-corrected chi connectivity index (χ2v) is 6.22. The van der Waals surface area contributed by atoms with Gasteiger partial charge in [-0.05, 0) is 25.5 Å². The lowest BCUT2D eigenvalue weighted by atomic mass is 10.0. The van der Waals surface area contributed by atoms with Crippen molar-refractivity contribution < 1.29 is 4.74 Å². The molecule has 0 saturated heterocycles. The number of hydrogen-bond acceptors (Lipinski definition) is 3. The zero-order chi connectivity index (χ0) is 18.4. The predicted molar refractivity (Wildman–Crippen MR) is 102 cm³/mol. The van der Waals surface area contributed by atoms with E-state index in [0.29, 0.717) is 12.5 Å². The van der Waals surface area contributed by atoms with Crippen molar-refractivity contribution in [3.8, 4) is 5.75 Å². The van der Waals surface area contributed by atoms with Gasteiger partial charge in [-0.3, -0.25) is 9.67 Å². The molecule has 1 aromatic heterocycles. The van der Waals surface area contributed by atoms with Crippen LogP contribution in [0, 0.1) is 13.8 Å². The highest BCUT2D eigenvalue weighted by Crippen LogP contribution is 2.25. The molecule has 0 radical (unpaired) electrons. The van der Waals surface area contributed by atoms with Gasteiger partial charge in [0.1, 0.15) is 5.75 Å². The van der Waals surface area contributed by atoms with E-state index in [1.54, 1.807) is 14.2 Å². The molecule has 0 aliphatic heterocycles. The first-order valence-electron chi connectivity index (χ1n) is 8.54. The molecule has 2 rings (SSSR count). The van der Waals surface area contributed by atoms with Gasteiger partial charge < -0.3 is 15.4 Å². The molecule has 1 atom stereocenters. The average molecular weight is 343 g/mol. The smallest absolute Gasteiger partial charge is 0.191 e. The first-order valence-corrected chi connectivity index (χ1v) is 8.54. The van der Waals surface area contributed by atoms with Crippen molar-refractivity contribution >= 4 is 5.96 Å². The van der Waals surface area contributed by atoms with E-state index in [2.05, 4.69) is 40.6 Å². The molecule has 1 unspecified atom stereocenters. The van der Waals surface area contributed by atoms with Crippen LogP contribution in [0.2, 0.25) is 0 Å². The molecule has 2 N–H and O–H groups in total. The summed E-state index contributed by atoms with van der Waals surface area (Å²) in [5, 5.41) is 11.2. The van der Waals surface area contributed by atoms with E-state index < -0.39 is 0 Å². The van der Waals surface area contributed by atoms with Gasteiger partial charge in [0.15, 0.2) is 5.96 Å². The van der Waals surface area contributed by atoms with Gasteiger partial charge in [0, 0.05) is 44.4 Å². The van der Waals surface area contributed by atoms with Crippen LogP contribution in [-0.4, -0.2) is 36.4 Å². The maximum Gasteiger partial charge on any atom is 0.191 e. The molecule has 25 heavy (non-hydrogen) atoms. The van der Waals surface area contributed by atoms with Gasteiger partial charge in [0.25, 0.3) is 0 Å². The second kappa shape index (κ2) is 8.55. The molecule has 6 nitrogen and oxygen atoms in total. The molecule has 136 valence electrons. The van der Waals surface area contributed by atoms with E-state index in [1.165, 1.54) is 16.8 Å². The number of para-hydroxylation sites is 1. The predicted octanol–water partition coefficient (Wildman–Crippen LogP) is 2.51. The van der Waals surface area contributed by atoms with Crippen molar-refractivity contribution in [1.29, 1.82) is 0 Å². The molecule has 2 aromatic rings. The van der Waals surface area contributed by atoms with Gasteiger partial charge in [-0.2, -0.15) is 5.10 Å². The summed E-state index contributed by atoms with van der Waals surface area (Å²) in [7, 11) is 5.46. The number of aryl methyl sites for hydroxylation is 2. The minimum absolute atomic E-state index is 0.302. The van der Waals surface area contributed by atoms with Crippen molar-refractivity contribution in [3.63, 3.8) is 0 Å². The number of aromatic nitrogens is 2. The van der Waals surface area contributed by atoms with Gasteiger partial charge >= 0.3 is 0 Å². The molecule has 0 saturated carbocycles. The van der Waals surface area contributed by atoms with E-state index in [9.17, 15) is 0 Å². The average Bonchev–Trinajstić information content (AvgIpc) is 2.87. The summed E-state index contributed by atoms with van der Waals surface area (Å²) in [5.74, 6) is 2.00. The number of rotatable bonds is 6. The third-order valence-corrected chi connectivity index (χ3v) is 4.56. The Morgan fingerprint density at radius 2 is 2.00 bits per heavy atom. The van der Waals surface area contributed by atoms with Crippen LogP contribution in [0.1, 0.15) is 35.4 Å². The van der Waals surface area contributed by atoms with Crippen LogP contribution in [0.3, 0.4) is 0 Å². The zero-order valence-corrected chi connectivity index (χ0v) is 16.1.